The molecule has 0 fully saturated rings. The van der Waals surface area contributed by atoms with Crippen LogP contribution in [0.2, 0.25) is 0 Å². The highest BCUT2D eigenvalue weighted by Gasteiger charge is 2.24. The van der Waals surface area contributed by atoms with Gasteiger partial charge >= 0.3 is 12.1 Å². The summed E-state index contributed by atoms with van der Waals surface area (Å²) in [6.45, 7) is 5.12. The van der Waals surface area contributed by atoms with Gasteiger partial charge in [-0.2, -0.15) is 11.8 Å². The zero-order chi connectivity index (χ0) is 19.0. The molecule has 0 spiro atoms. The van der Waals surface area contributed by atoms with E-state index < -0.39 is 23.7 Å². The molecule has 0 aliphatic rings. The van der Waals surface area contributed by atoms with E-state index in [0.29, 0.717) is 22.9 Å². The van der Waals surface area contributed by atoms with E-state index in [2.05, 4.69) is 10.3 Å². The number of thioether (sulfide) groups is 1. The average molecular weight is 372 g/mol. The Morgan fingerprint density at radius 3 is 2.52 bits per heavy atom. The number of aromatic nitrogens is 1. The van der Waals surface area contributed by atoms with E-state index in [1.165, 1.54) is 26.0 Å². The lowest BCUT2D eigenvalue weighted by Gasteiger charge is -2.22. The molecule has 0 aliphatic carbocycles. The third kappa shape index (κ3) is 7.08. The summed E-state index contributed by atoms with van der Waals surface area (Å²) in [6.07, 6.45) is 0.822. The van der Waals surface area contributed by atoms with Gasteiger partial charge in [-0.3, -0.25) is 4.98 Å². The van der Waals surface area contributed by atoms with Gasteiger partial charge in [-0.05, 0) is 20.8 Å². The molecule has 0 radical (unpaired) electrons. The number of nitrogens with one attached hydrogen (secondary N) is 1. The molecule has 1 amide bonds. The normalized spacial score (nSPS) is 12.2. The number of carbonyl (C=O) groups excluding carboxylic acids is 1. The first-order chi connectivity index (χ1) is 11.7. The van der Waals surface area contributed by atoms with E-state index in [-0.39, 0.29) is 5.75 Å². The molecule has 1 aromatic rings. The maximum absolute atomic E-state index is 11.7. The molecule has 1 aromatic heterocycles. The second-order valence-electron chi connectivity index (χ2n) is 6.05. The Kier molecular flexibility index (Phi) is 7.82. The molecule has 0 saturated heterocycles. The predicted octanol–water partition coefficient (Wildman–Crippen LogP) is 2.31. The van der Waals surface area contributed by atoms with Crippen molar-refractivity contribution in [2.45, 2.75) is 38.2 Å². The van der Waals surface area contributed by atoms with Crippen molar-refractivity contribution in [3.8, 4) is 11.5 Å². The maximum atomic E-state index is 11.7. The second kappa shape index (κ2) is 9.36. The number of carboxylic acid groups (broad SMARTS) is 1. The lowest BCUT2D eigenvalue weighted by Crippen LogP contribution is -2.44. The van der Waals surface area contributed by atoms with Crippen molar-refractivity contribution in [1.29, 1.82) is 0 Å². The third-order valence-corrected chi connectivity index (χ3v) is 3.93. The molecule has 1 unspecified atom stereocenters. The van der Waals surface area contributed by atoms with Gasteiger partial charge in [-0.1, -0.05) is 0 Å². The third-order valence-electron chi connectivity index (χ3n) is 2.88. The summed E-state index contributed by atoms with van der Waals surface area (Å²) < 4.78 is 15.6. The van der Waals surface area contributed by atoms with Crippen LogP contribution in [0.4, 0.5) is 4.79 Å². The minimum absolute atomic E-state index is 0.149. The first-order valence-corrected chi connectivity index (χ1v) is 8.69. The van der Waals surface area contributed by atoms with Crippen LogP contribution in [0.3, 0.4) is 0 Å². The van der Waals surface area contributed by atoms with Crippen LogP contribution >= 0.6 is 11.8 Å². The first kappa shape index (κ1) is 20.9. The fourth-order valence-electron chi connectivity index (χ4n) is 1.85. The van der Waals surface area contributed by atoms with Crippen LogP contribution in [0.25, 0.3) is 0 Å². The van der Waals surface area contributed by atoms with Gasteiger partial charge < -0.3 is 24.6 Å². The fraction of sp³-hybridized carbons (Fsp3) is 0.562. The SMILES string of the molecule is COc1ccnc(CSCC(NC(=O)OC(C)(C)C)C(=O)O)c1OC. The summed E-state index contributed by atoms with van der Waals surface area (Å²) in [5, 5.41) is 11.6. The zero-order valence-electron chi connectivity index (χ0n) is 15.0. The van der Waals surface area contributed by atoms with E-state index in [9.17, 15) is 14.7 Å². The summed E-state index contributed by atoms with van der Waals surface area (Å²) in [4.78, 5) is 27.3. The van der Waals surface area contributed by atoms with Gasteiger partial charge in [0.25, 0.3) is 0 Å². The van der Waals surface area contributed by atoms with Gasteiger partial charge in [0.15, 0.2) is 11.5 Å². The first-order valence-electron chi connectivity index (χ1n) is 7.54. The molecular formula is C16H24N2O6S. The molecule has 140 valence electrons. The van der Waals surface area contributed by atoms with Crippen molar-refractivity contribution in [1.82, 2.24) is 10.3 Å². The summed E-state index contributed by atoms with van der Waals surface area (Å²) in [5.74, 6) is 0.472. The molecule has 0 aliphatic heterocycles. The number of carbonyl (C=O) groups is 2. The second-order valence-corrected chi connectivity index (χ2v) is 7.08. The van der Waals surface area contributed by atoms with E-state index in [4.69, 9.17) is 14.2 Å². The van der Waals surface area contributed by atoms with Gasteiger partial charge in [-0.15, -0.1) is 0 Å². The number of alkyl carbamates (subject to hydrolysis) is 1. The summed E-state index contributed by atoms with van der Waals surface area (Å²) in [5.41, 5.74) is -0.0636. The summed E-state index contributed by atoms with van der Waals surface area (Å²) in [7, 11) is 3.04. The summed E-state index contributed by atoms with van der Waals surface area (Å²) >= 11 is 1.30. The Labute approximate surface area is 151 Å². The van der Waals surface area contributed by atoms with Crippen molar-refractivity contribution < 1.29 is 28.9 Å². The monoisotopic (exact) mass is 372 g/mol. The lowest BCUT2D eigenvalue weighted by molar-refractivity contribution is -0.138. The lowest BCUT2D eigenvalue weighted by atomic mass is 10.2. The molecule has 1 atom stereocenters. The molecule has 0 saturated carbocycles. The van der Waals surface area contributed by atoms with Crippen molar-refractivity contribution in [2.24, 2.45) is 0 Å². The van der Waals surface area contributed by atoms with E-state index >= 15 is 0 Å². The molecule has 9 heteroatoms. The number of carboxylic acids is 1. The minimum Gasteiger partial charge on any atom is -0.493 e. The van der Waals surface area contributed by atoms with Crippen molar-refractivity contribution in [3.63, 3.8) is 0 Å². The van der Waals surface area contributed by atoms with Gasteiger partial charge in [0.05, 0.1) is 19.9 Å². The molecule has 8 nitrogen and oxygen atoms in total. The highest BCUT2D eigenvalue weighted by atomic mass is 32.2. The Bertz CT molecular complexity index is 603. The fourth-order valence-corrected chi connectivity index (χ4v) is 2.83. The molecule has 0 bridgehead atoms. The quantitative estimate of drug-likeness (QED) is 0.716. The van der Waals surface area contributed by atoms with Crippen LogP contribution in [0, 0.1) is 0 Å². The Morgan fingerprint density at radius 2 is 2.00 bits per heavy atom. The number of amides is 1. The highest BCUT2D eigenvalue weighted by molar-refractivity contribution is 7.98. The van der Waals surface area contributed by atoms with Gasteiger partial charge in [0.2, 0.25) is 0 Å². The number of ether oxygens (including phenoxy) is 3. The Balaban J connectivity index is 2.65. The van der Waals surface area contributed by atoms with Crippen LogP contribution in [0.15, 0.2) is 12.3 Å². The minimum atomic E-state index is -1.14. The largest absolute Gasteiger partial charge is 0.493 e. The van der Waals surface area contributed by atoms with Crippen LogP contribution in [0.1, 0.15) is 26.5 Å². The molecular weight excluding hydrogens is 348 g/mol. The van der Waals surface area contributed by atoms with E-state index in [1.807, 2.05) is 0 Å². The molecule has 1 rings (SSSR count). The predicted molar refractivity (Wildman–Crippen MR) is 94.3 cm³/mol. The number of rotatable bonds is 8. The average Bonchev–Trinajstić information content (AvgIpc) is 2.51. The Morgan fingerprint density at radius 1 is 1.32 bits per heavy atom. The topological polar surface area (TPSA) is 107 Å². The van der Waals surface area contributed by atoms with Crippen LogP contribution < -0.4 is 14.8 Å². The van der Waals surface area contributed by atoms with E-state index in [0.717, 1.165) is 0 Å². The standard InChI is InChI=1S/C16H24N2O6S/c1-16(2,3)24-15(21)18-11(14(19)20)9-25-8-10-13(23-5)12(22-4)6-7-17-10/h6-7,11H,8-9H2,1-5H3,(H,18,21)(H,19,20). The number of hydrogen-bond acceptors (Lipinski definition) is 7. The Hall–Kier alpha value is -2.16. The molecule has 0 aromatic carbocycles. The number of pyridine rings is 1. The number of hydrogen-bond donors (Lipinski definition) is 2. The number of aliphatic carboxylic acids is 1. The maximum Gasteiger partial charge on any atom is 0.408 e. The van der Waals surface area contributed by atoms with Gasteiger partial charge in [-0.25, -0.2) is 9.59 Å². The molecule has 25 heavy (non-hydrogen) atoms. The van der Waals surface area contributed by atoms with Crippen LogP contribution in [0.5, 0.6) is 11.5 Å². The van der Waals surface area contributed by atoms with Crippen LogP contribution in [-0.4, -0.2) is 53.8 Å². The van der Waals surface area contributed by atoms with Crippen molar-refractivity contribution >= 4 is 23.8 Å². The van der Waals surface area contributed by atoms with Crippen molar-refractivity contribution in [2.75, 3.05) is 20.0 Å². The molecule has 1 heterocycles. The van der Waals surface area contributed by atoms with Gasteiger partial charge in [0, 0.05) is 23.8 Å². The van der Waals surface area contributed by atoms with Crippen molar-refractivity contribution in [3.05, 3.63) is 18.0 Å². The molecule has 2 N–H and O–H groups in total. The van der Waals surface area contributed by atoms with Gasteiger partial charge in [0.1, 0.15) is 11.6 Å². The van der Waals surface area contributed by atoms with Crippen LogP contribution in [-0.2, 0) is 15.3 Å². The number of nitrogens with zero attached hydrogens (tertiary/aromatic N) is 1. The highest BCUT2D eigenvalue weighted by Crippen LogP contribution is 2.31. The zero-order valence-corrected chi connectivity index (χ0v) is 15.8. The van der Waals surface area contributed by atoms with E-state index in [1.54, 1.807) is 33.0 Å². The smallest absolute Gasteiger partial charge is 0.408 e. The number of methoxy groups -OCH3 is 2. The summed E-state index contributed by atoms with van der Waals surface area (Å²) in [6, 6.07) is 0.605.